The minimum absolute atomic E-state index is 0.277. The highest BCUT2D eigenvalue weighted by Crippen LogP contribution is 2.20. The van der Waals surface area contributed by atoms with Gasteiger partial charge in [0.1, 0.15) is 6.61 Å². The van der Waals surface area contributed by atoms with Crippen LogP contribution in [-0.4, -0.2) is 5.97 Å². The Morgan fingerprint density at radius 1 is 1.33 bits per heavy atom. The van der Waals surface area contributed by atoms with E-state index < -0.39 is 0 Å². The van der Waals surface area contributed by atoms with E-state index in [1.54, 1.807) is 0 Å². The molecular formula is C16H22O2. The van der Waals surface area contributed by atoms with Gasteiger partial charge in [0.25, 0.3) is 0 Å². The van der Waals surface area contributed by atoms with Crippen LogP contribution < -0.4 is 0 Å². The summed E-state index contributed by atoms with van der Waals surface area (Å²) in [7, 11) is 0. The summed E-state index contributed by atoms with van der Waals surface area (Å²) in [6, 6.07) is 6.23. The topological polar surface area (TPSA) is 26.3 Å². The van der Waals surface area contributed by atoms with Gasteiger partial charge in [0.2, 0.25) is 0 Å². The van der Waals surface area contributed by atoms with Crippen molar-refractivity contribution >= 4 is 5.97 Å². The summed E-state index contributed by atoms with van der Waals surface area (Å²) in [6.07, 6.45) is 1.51. The second-order valence-corrected chi connectivity index (χ2v) is 5.18. The molecule has 1 aromatic rings. The zero-order valence-corrected chi connectivity index (χ0v) is 11.9. The lowest BCUT2D eigenvalue weighted by molar-refractivity contribution is -0.139. The lowest BCUT2D eigenvalue weighted by atomic mass is 9.96. The maximum absolute atomic E-state index is 11.4. The van der Waals surface area contributed by atoms with Crippen molar-refractivity contribution in [3.05, 3.63) is 46.5 Å². The van der Waals surface area contributed by atoms with Crippen molar-refractivity contribution in [1.82, 2.24) is 0 Å². The third kappa shape index (κ3) is 4.36. The number of benzene rings is 1. The van der Waals surface area contributed by atoms with Crippen molar-refractivity contribution in [2.75, 3.05) is 0 Å². The van der Waals surface area contributed by atoms with Crippen molar-refractivity contribution in [1.29, 1.82) is 0 Å². The molecule has 2 nitrogen and oxygen atoms in total. The van der Waals surface area contributed by atoms with Crippen LogP contribution in [0.15, 0.2) is 29.8 Å². The minimum atomic E-state index is -0.277. The third-order valence-corrected chi connectivity index (χ3v) is 2.74. The molecule has 0 bridgehead atoms. The predicted molar refractivity (Wildman–Crippen MR) is 74.5 cm³/mol. The summed E-state index contributed by atoms with van der Waals surface area (Å²) >= 11 is 0. The van der Waals surface area contributed by atoms with Gasteiger partial charge in [-0.1, -0.05) is 37.6 Å². The number of carbonyl (C=O) groups is 1. The molecule has 0 amide bonds. The van der Waals surface area contributed by atoms with Crippen LogP contribution >= 0.6 is 0 Å². The van der Waals surface area contributed by atoms with Gasteiger partial charge in [-0.25, -0.2) is 4.79 Å². The minimum Gasteiger partial charge on any atom is -0.458 e. The van der Waals surface area contributed by atoms with Gasteiger partial charge in [-0.05, 0) is 43.4 Å². The Labute approximate surface area is 110 Å². The number of ether oxygens (including phenoxy) is 1. The van der Waals surface area contributed by atoms with Gasteiger partial charge < -0.3 is 4.74 Å². The van der Waals surface area contributed by atoms with Crippen molar-refractivity contribution in [2.45, 2.75) is 47.1 Å². The van der Waals surface area contributed by atoms with E-state index in [1.807, 2.05) is 19.9 Å². The van der Waals surface area contributed by atoms with Gasteiger partial charge in [-0.3, -0.25) is 0 Å². The maximum Gasteiger partial charge on any atom is 0.331 e. The lowest BCUT2D eigenvalue weighted by Gasteiger charge is -2.11. The fourth-order valence-corrected chi connectivity index (χ4v) is 1.91. The molecule has 0 spiro atoms. The molecule has 0 aliphatic rings. The summed E-state index contributed by atoms with van der Waals surface area (Å²) in [5.74, 6) is 0.243. The molecule has 0 N–H and O–H groups in total. The number of aryl methyl sites for hydroxylation is 1. The zero-order chi connectivity index (χ0) is 13.7. The highest BCUT2D eigenvalue weighted by molar-refractivity contribution is 5.82. The van der Waals surface area contributed by atoms with Crippen LogP contribution in [0, 0.1) is 6.92 Å². The molecule has 0 radical (unpaired) electrons. The number of carbonyl (C=O) groups excluding carboxylic acids is 1. The molecule has 0 heterocycles. The molecule has 2 heteroatoms. The summed E-state index contributed by atoms with van der Waals surface area (Å²) in [4.78, 5) is 11.4. The molecule has 0 aliphatic carbocycles. The average Bonchev–Trinajstić information content (AvgIpc) is 2.25. The number of allylic oxidation sites excluding steroid dienone is 1. The molecular weight excluding hydrogens is 224 g/mol. The quantitative estimate of drug-likeness (QED) is 0.590. The van der Waals surface area contributed by atoms with Crippen LogP contribution in [0.5, 0.6) is 0 Å². The Kier molecular flexibility index (Phi) is 5.14. The molecule has 98 valence electrons. The summed E-state index contributed by atoms with van der Waals surface area (Å²) in [6.45, 7) is 10.5. The Morgan fingerprint density at radius 2 is 2.00 bits per heavy atom. The van der Waals surface area contributed by atoms with Crippen LogP contribution in [-0.2, 0) is 16.1 Å². The Bertz CT molecular complexity index is 452. The van der Waals surface area contributed by atoms with Crippen molar-refractivity contribution in [3.8, 4) is 0 Å². The zero-order valence-electron chi connectivity index (χ0n) is 11.9. The molecule has 0 atom stereocenters. The van der Waals surface area contributed by atoms with Crippen LogP contribution in [0.3, 0.4) is 0 Å². The first kappa shape index (κ1) is 14.5. The number of hydrogen-bond donors (Lipinski definition) is 0. The SMILES string of the molecule is CC(C)=CC(=O)OCc1ccc(C(C)C)c(C)c1. The molecule has 0 aliphatic heterocycles. The largest absolute Gasteiger partial charge is 0.458 e. The first-order valence-corrected chi connectivity index (χ1v) is 6.31. The highest BCUT2D eigenvalue weighted by atomic mass is 16.5. The highest BCUT2D eigenvalue weighted by Gasteiger charge is 2.05. The van der Waals surface area contributed by atoms with Crippen molar-refractivity contribution in [3.63, 3.8) is 0 Å². The number of hydrogen-bond acceptors (Lipinski definition) is 2. The van der Waals surface area contributed by atoms with Gasteiger partial charge in [-0.2, -0.15) is 0 Å². The van der Waals surface area contributed by atoms with Crippen LogP contribution in [0.25, 0.3) is 0 Å². The van der Waals surface area contributed by atoms with Crippen LogP contribution in [0.2, 0.25) is 0 Å². The van der Waals surface area contributed by atoms with Gasteiger partial charge in [0.15, 0.2) is 0 Å². The average molecular weight is 246 g/mol. The molecule has 0 fully saturated rings. The van der Waals surface area contributed by atoms with E-state index in [0.717, 1.165) is 11.1 Å². The lowest BCUT2D eigenvalue weighted by Crippen LogP contribution is -2.02. The predicted octanol–water partition coefficient (Wildman–Crippen LogP) is 4.13. The standard InChI is InChI=1S/C16H22O2/c1-11(2)8-16(17)18-10-14-6-7-15(12(3)4)13(5)9-14/h6-9,12H,10H2,1-5H3. The third-order valence-electron chi connectivity index (χ3n) is 2.74. The van der Waals surface area contributed by atoms with Gasteiger partial charge >= 0.3 is 5.97 Å². The van der Waals surface area contributed by atoms with Gasteiger partial charge in [0.05, 0.1) is 0 Å². The van der Waals surface area contributed by atoms with Crippen molar-refractivity contribution in [2.24, 2.45) is 0 Å². The molecule has 0 saturated carbocycles. The first-order valence-electron chi connectivity index (χ1n) is 6.31. The van der Waals surface area contributed by atoms with E-state index in [9.17, 15) is 4.79 Å². The molecule has 0 aromatic heterocycles. The van der Waals surface area contributed by atoms with E-state index in [4.69, 9.17) is 4.74 Å². The summed E-state index contributed by atoms with van der Waals surface area (Å²) < 4.78 is 5.18. The molecule has 0 unspecified atom stereocenters. The molecule has 18 heavy (non-hydrogen) atoms. The van der Waals surface area contributed by atoms with Crippen LogP contribution in [0.1, 0.15) is 50.3 Å². The second kappa shape index (κ2) is 6.39. The molecule has 1 rings (SSSR count). The summed E-state index contributed by atoms with van der Waals surface area (Å²) in [5, 5.41) is 0. The Morgan fingerprint density at radius 3 is 2.50 bits per heavy atom. The van der Waals surface area contributed by atoms with Crippen LogP contribution in [0.4, 0.5) is 0 Å². The normalized spacial score (nSPS) is 10.3. The van der Waals surface area contributed by atoms with E-state index in [1.165, 1.54) is 17.2 Å². The molecule has 0 saturated heterocycles. The maximum atomic E-state index is 11.4. The monoisotopic (exact) mass is 246 g/mol. The van der Waals surface area contributed by atoms with E-state index in [0.29, 0.717) is 12.5 Å². The Balaban J connectivity index is 2.67. The molecule has 1 aromatic carbocycles. The summed E-state index contributed by atoms with van der Waals surface area (Å²) in [5.41, 5.74) is 4.58. The fourth-order valence-electron chi connectivity index (χ4n) is 1.91. The fraction of sp³-hybridized carbons (Fsp3) is 0.438. The smallest absolute Gasteiger partial charge is 0.331 e. The first-order chi connectivity index (χ1) is 8.40. The number of esters is 1. The van der Waals surface area contributed by atoms with E-state index in [2.05, 4.69) is 32.9 Å². The van der Waals surface area contributed by atoms with Gasteiger partial charge in [0, 0.05) is 6.08 Å². The second-order valence-electron chi connectivity index (χ2n) is 5.18. The Hall–Kier alpha value is -1.57. The van der Waals surface area contributed by atoms with E-state index >= 15 is 0 Å². The number of rotatable bonds is 4. The van der Waals surface area contributed by atoms with E-state index in [-0.39, 0.29) is 5.97 Å². The van der Waals surface area contributed by atoms with Gasteiger partial charge in [-0.15, -0.1) is 0 Å². The van der Waals surface area contributed by atoms with Crippen molar-refractivity contribution < 1.29 is 9.53 Å².